The smallest absolute Gasteiger partial charge is 0.308 e. The van der Waals surface area contributed by atoms with Crippen molar-refractivity contribution in [2.45, 2.75) is 19.1 Å². The van der Waals surface area contributed by atoms with Crippen LogP contribution in [0, 0.1) is 0 Å². The summed E-state index contributed by atoms with van der Waals surface area (Å²) in [5.41, 5.74) is 1.11. The van der Waals surface area contributed by atoms with E-state index >= 15 is 0 Å². The SMILES string of the molecule is COC(=O)CC1CN(Cc2ccnc(Cl)c2)CCO1. The van der Waals surface area contributed by atoms with Crippen LogP contribution < -0.4 is 0 Å². The Morgan fingerprint density at radius 2 is 2.53 bits per heavy atom. The third-order valence-corrected chi connectivity index (χ3v) is 3.25. The molecule has 1 aliphatic heterocycles. The molecule has 0 N–H and O–H groups in total. The molecular formula is C13H17ClN2O3. The summed E-state index contributed by atoms with van der Waals surface area (Å²) >= 11 is 5.86. The van der Waals surface area contributed by atoms with E-state index in [1.807, 2.05) is 12.1 Å². The number of carbonyl (C=O) groups is 1. The number of halogens is 1. The number of carbonyl (C=O) groups excluding carboxylic acids is 1. The fourth-order valence-corrected chi connectivity index (χ4v) is 2.31. The minimum absolute atomic E-state index is 0.0986. The quantitative estimate of drug-likeness (QED) is 0.619. The molecule has 2 rings (SSSR count). The lowest BCUT2D eigenvalue weighted by Gasteiger charge is -2.32. The Hall–Kier alpha value is -1.17. The van der Waals surface area contributed by atoms with Crippen molar-refractivity contribution >= 4 is 17.6 Å². The average Bonchev–Trinajstić information content (AvgIpc) is 2.39. The van der Waals surface area contributed by atoms with E-state index in [-0.39, 0.29) is 12.1 Å². The molecule has 1 atom stereocenters. The molecule has 1 aromatic rings. The Morgan fingerprint density at radius 1 is 1.68 bits per heavy atom. The number of ether oxygens (including phenoxy) is 2. The predicted molar refractivity (Wildman–Crippen MR) is 70.9 cm³/mol. The average molecular weight is 285 g/mol. The summed E-state index contributed by atoms with van der Waals surface area (Å²) in [7, 11) is 1.39. The first-order valence-corrected chi connectivity index (χ1v) is 6.56. The zero-order valence-electron chi connectivity index (χ0n) is 10.8. The lowest BCUT2D eigenvalue weighted by molar-refractivity contribution is -0.145. The molecule has 0 radical (unpaired) electrons. The van der Waals surface area contributed by atoms with Gasteiger partial charge in [0.2, 0.25) is 0 Å². The molecule has 104 valence electrons. The summed E-state index contributed by atoms with van der Waals surface area (Å²) in [4.78, 5) is 17.4. The molecule has 2 heterocycles. The highest BCUT2D eigenvalue weighted by Gasteiger charge is 2.23. The van der Waals surface area contributed by atoms with Gasteiger partial charge in [-0.15, -0.1) is 0 Å². The van der Waals surface area contributed by atoms with Gasteiger partial charge in [-0.1, -0.05) is 11.6 Å². The van der Waals surface area contributed by atoms with Gasteiger partial charge >= 0.3 is 5.97 Å². The van der Waals surface area contributed by atoms with E-state index in [4.69, 9.17) is 16.3 Å². The molecule has 5 nitrogen and oxygen atoms in total. The van der Waals surface area contributed by atoms with E-state index in [1.165, 1.54) is 7.11 Å². The van der Waals surface area contributed by atoms with Crippen molar-refractivity contribution in [1.82, 2.24) is 9.88 Å². The summed E-state index contributed by atoms with van der Waals surface area (Å²) in [5, 5.41) is 0.497. The molecular weight excluding hydrogens is 268 g/mol. The van der Waals surface area contributed by atoms with E-state index in [2.05, 4.69) is 14.6 Å². The lowest BCUT2D eigenvalue weighted by Crippen LogP contribution is -2.42. The van der Waals surface area contributed by atoms with Crippen LogP contribution in [-0.4, -0.2) is 48.8 Å². The summed E-state index contributed by atoms with van der Waals surface area (Å²) in [6.45, 7) is 2.97. The van der Waals surface area contributed by atoms with Crippen molar-refractivity contribution in [3.63, 3.8) is 0 Å². The van der Waals surface area contributed by atoms with Crippen LogP contribution in [0.2, 0.25) is 5.15 Å². The van der Waals surface area contributed by atoms with E-state index < -0.39 is 0 Å². The van der Waals surface area contributed by atoms with Crippen LogP contribution in [0.3, 0.4) is 0 Å². The van der Waals surface area contributed by atoms with E-state index in [0.29, 0.717) is 18.2 Å². The number of nitrogens with zero attached hydrogens (tertiary/aromatic N) is 2. The second-order valence-corrected chi connectivity index (χ2v) is 4.88. The molecule has 0 amide bonds. The van der Waals surface area contributed by atoms with Gasteiger partial charge in [0, 0.05) is 25.8 Å². The van der Waals surface area contributed by atoms with Crippen LogP contribution in [-0.2, 0) is 20.8 Å². The first kappa shape index (κ1) is 14.2. The number of esters is 1. The third-order valence-electron chi connectivity index (χ3n) is 3.04. The van der Waals surface area contributed by atoms with Gasteiger partial charge in [-0.3, -0.25) is 9.69 Å². The molecule has 1 saturated heterocycles. The monoisotopic (exact) mass is 284 g/mol. The molecule has 1 unspecified atom stereocenters. The maximum atomic E-state index is 11.2. The highest BCUT2D eigenvalue weighted by atomic mass is 35.5. The van der Waals surface area contributed by atoms with Crippen LogP contribution >= 0.6 is 11.6 Å². The van der Waals surface area contributed by atoms with Crippen LogP contribution in [0.1, 0.15) is 12.0 Å². The Kier molecular flexibility index (Phi) is 5.13. The van der Waals surface area contributed by atoms with Crippen molar-refractivity contribution in [1.29, 1.82) is 0 Å². The second-order valence-electron chi connectivity index (χ2n) is 4.49. The number of rotatable bonds is 4. The summed E-state index contributed by atoms with van der Waals surface area (Å²) in [5.74, 6) is -0.237. The van der Waals surface area contributed by atoms with Crippen molar-refractivity contribution < 1.29 is 14.3 Å². The third kappa shape index (κ3) is 4.45. The number of hydrogen-bond donors (Lipinski definition) is 0. The van der Waals surface area contributed by atoms with E-state index in [0.717, 1.165) is 25.2 Å². The Balaban J connectivity index is 1.89. The van der Waals surface area contributed by atoms with Crippen molar-refractivity contribution in [3.8, 4) is 0 Å². The molecule has 0 aromatic carbocycles. The summed E-state index contributed by atoms with van der Waals surface area (Å²) in [6, 6.07) is 3.79. The summed E-state index contributed by atoms with van der Waals surface area (Å²) in [6.07, 6.45) is 1.90. The molecule has 19 heavy (non-hydrogen) atoms. The van der Waals surface area contributed by atoms with Gasteiger partial charge in [0.25, 0.3) is 0 Å². The molecule has 0 aliphatic carbocycles. The van der Waals surface area contributed by atoms with Crippen molar-refractivity contribution in [2.24, 2.45) is 0 Å². The highest BCUT2D eigenvalue weighted by Crippen LogP contribution is 2.14. The summed E-state index contributed by atoms with van der Waals surface area (Å²) < 4.78 is 10.2. The second kappa shape index (κ2) is 6.84. The molecule has 6 heteroatoms. The first-order valence-electron chi connectivity index (χ1n) is 6.18. The number of hydrogen-bond acceptors (Lipinski definition) is 5. The fourth-order valence-electron chi connectivity index (χ4n) is 2.12. The Labute approximate surface area is 117 Å². The maximum Gasteiger partial charge on any atom is 0.308 e. The normalized spacial score (nSPS) is 20.2. The van der Waals surface area contributed by atoms with Crippen LogP contribution in [0.15, 0.2) is 18.3 Å². The van der Waals surface area contributed by atoms with Gasteiger partial charge in [0.15, 0.2) is 0 Å². The van der Waals surface area contributed by atoms with Crippen LogP contribution in [0.25, 0.3) is 0 Å². The minimum Gasteiger partial charge on any atom is -0.469 e. The molecule has 0 saturated carbocycles. The number of aromatic nitrogens is 1. The van der Waals surface area contributed by atoms with Gasteiger partial charge in [0.1, 0.15) is 5.15 Å². The van der Waals surface area contributed by atoms with E-state index in [1.54, 1.807) is 6.20 Å². The zero-order chi connectivity index (χ0) is 13.7. The number of pyridine rings is 1. The lowest BCUT2D eigenvalue weighted by atomic mass is 10.2. The number of morpholine rings is 1. The highest BCUT2D eigenvalue weighted by molar-refractivity contribution is 6.29. The maximum absolute atomic E-state index is 11.2. The molecule has 0 spiro atoms. The number of methoxy groups -OCH3 is 1. The minimum atomic E-state index is -0.237. The van der Waals surface area contributed by atoms with Crippen LogP contribution in [0.4, 0.5) is 0 Å². The van der Waals surface area contributed by atoms with Gasteiger partial charge in [-0.05, 0) is 17.7 Å². The van der Waals surface area contributed by atoms with Gasteiger partial charge in [-0.25, -0.2) is 4.98 Å². The van der Waals surface area contributed by atoms with Crippen molar-refractivity contribution in [3.05, 3.63) is 29.0 Å². The fraction of sp³-hybridized carbons (Fsp3) is 0.538. The van der Waals surface area contributed by atoms with Gasteiger partial charge in [-0.2, -0.15) is 0 Å². The molecule has 1 aromatic heterocycles. The van der Waals surface area contributed by atoms with Gasteiger partial charge < -0.3 is 9.47 Å². The van der Waals surface area contributed by atoms with Gasteiger partial charge in [0.05, 0.1) is 26.2 Å². The van der Waals surface area contributed by atoms with E-state index in [9.17, 15) is 4.79 Å². The zero-order valence-corrected chi connectivity index (χ0v) is 11.6. The standard InChI is InChI=1S/C13H17ClN2O3/c1-18-13(17)7-11-9-16(4-5-19-11)8-10-2-3-15-12(14)6-10/h2-3,6,11H,4-5,7-9H2,1H3. The molecule has 1 fully saturated rings. The Morgan fingerprint density at radius 3 is 3.26 bits per heavy atom. The van der Waals surface area contributed by atoms with Crippen LogP contribution in [0.5, 0.6) is 0 Å². The van der Waals surface area contributed by atoms with Crippen molar-refractivity contribution in [2.75, 3.05) is 26.8 Å². The molecule has 0 bridgehead atoms. The predicted octanol–water partition coefficient (Wildman–Crippen LogP) is 1.50. The molecule has 1 aliphatic rings. The topological polar surface area (TPSA) is 51.7 Å². The first-order chi connectivity index (χ1) is 9.17. The largest absolute Gasteiger partial charge is 0.469 e. The Bertz CT molecular complexity index is 442.